The molecule has 5 nitrogen and oxygen atoms in total. The lowest BCUT2D eigenvalue weighted by Crippen LogP contribution is -2.41. The van der Waals surface area contributed by atoms with E-state index in [1.807, 2.05) is 24.3 Å². The number of ether oxygens (including phenoxy) is 2. The quantitative estimate of drug-likeness (QED) is 0.827. The lowest BCUT2D eigenvalue weighted by molar-refractivity contribution is -0.124. The van der Waals surface area contributed by atoms with E-state index in [0.717, 1.165) is 30.8 Å². The van der Waals surface area contributed by atoms with Crippen molar-refractivity contribution in [2.75, 3.05) is 33.4 Å². The number of halogens is 1. The van der Waals surface area contributed by atoms with Crippen LogP contribution in [0.4, 0.5) is 0 Å². The summed E-state index contributed by atoms with van der Waals surface area (Å²) in [6.45, 7) is 2.91. The maximum absolute atomic E-state index is 11.8. The second-order valence-electron chi connectivity index (χ2n) is 4.81. The Morgan fingerprint density at radius 2 is 2.29 bits per heavy atom. The summed E-state index contributed by atoms with van der Waals surface area (Å²) in [5, 5.41) is 6.14. The van der Waals surface area contributed by atoms with Crippen LogP contribution in [0.25, 0.3) is 0 Å². The van der Waals surface area contributed by atoms with Gasteiger partial charge in [-0.25, -0.2) is 0 Å². The van der Waals surface area contributed by atoms with Crippen molar-refractivity contribution in [1.29, 1.82) is 0 Å². The normalized spacial score (nSPS) is 17.7. The molecule has 2 N–H and O–H groups in total. The van der Waals surface area contributed by atoms with Gasteiger partial charge in [0.05, 0.1) is 26.2 Å². The fraction of sp³-hybridized carbons (Fsp3) is 0.533. The predicted octanol–water partition coefficient (Wildman–Crippen LogP) is 1.15. The van der Waals surface area contributed by atoms with Gasteiger partial charge in [-0.2, -0.15) is 0 Å². The van der Waals surface area contributed by atoms with Gasteiger partial charge >= 0.3 is 0 Å². The summed E-state index contributed by atoms with van der Waals surface area (Å²) in [5.41, 5.74) is 1.10. The predicted molar refractivity (Wildman–Crippen MR) is 84.2 cm³/mol. The van der Waals surface area contributed by atoms with Crippen molar-refractivity contribution >= 4 is 18.3 Å². The van der Waals surface area contributed by atoms with Gasteiger partial charge in [-0.3, -0.25) is 4.79 Å². The third-order valence-electron chi connectivity index (χ3n) is 3.33. The highest BCUT2D eigenvalue weighted by Gasteiger charge is 2.16. The first-order valence-electron chi connectivity index (χ1n) is 7.00. The average molecular weight is 315 g/mol. The van der Waals surface area contributed by atoms with E-state index in [0.29, 0.717) is 19.6 Å². The zero-order valence-electron chi connectivity index (χ0n) is 12.3. The highest BCUT2D eigenvalue weighted by Crippen LogP contribution is 2.17. The maximum Gasteiger partial charge on any atom is 0.222 e. The number of methoxy groups -OCH3 is 1. The molecule has 1 unspecified atom stereocenters. The SMILES string of the molecule is COc1ccccc1CCNC(=O)CC1CNCCO1.Cl. The van der Waals surface area contributed by atoms with E-state index in [4.69, 9.17) is 9.47 Å². The van der Waals surface area contributed by atoms with Crippen LogP contribution in [0.5, 0.6) is 5.75 Å². The van der Waals surface area contributed by atoms with Crippen molar-refractivity contribution in [3.8, 4) is 5.75 Å². The molecule has 1 aliphatic rings. The van der Waals surface area contributed by atoms with Gasteiger partial charge in [0.1, 0.15) is 5.75 Å². The van der Waals surface area contributed by atoms with Crippen molar-refractivity contribution in [3.05, 3.63) is 29.8 Å². The Labute approximate surface area is 131 Å². The molecule has 1 aromatic carbocycles. The summed E-state index contributed by atoms with van der Waals surface area (Å²) in [5.74, 6) is 0.898. The van der Waals surface area contributed by atoms with Crippen molar-refractivity contribution in [2.24, 2.45) is 0 Å². The number of benzene rings is 1. The van der Waals surface area contributed by atoms with Gasteiger partial charge in [-0.05, 0) is 18.1 Å². The van der Waals surface area contributed by atoms with Crippen LogP contribution in [0.2, 0.25) is 0 Å². The van der Waals surface area contributed by atoms with Crippen LogP contribution in [-0.2, 0) is 16.0 Å². The van der Waals surface area contributed by atoms with Crippen LogP contribution in [0.1, 0.15) is 12.0 Å². The second kappa shape index (κ2) is 9.60. The van der Waals surface area contributed by atoms with Crippen LogP contribution >= 0.6 is 12.4 Å². The topological polar surface area (TPSA) is 59.6 Å². The maximum atomic E-state index is 11.8. The number of carbonyl (C=O) groups is 1. The fourth-order valence-electron chi connectivity index (χ4n) is 2.28. The first kappa shape index (κ1) is 17.8. The molecule has 0 aliphatic carbocycles. The number of rotatable bonds is 6. The van der Waals surface area contributed by atoms with E-state index >= 15 is 0 Å². The molecule has 0 bridgehead atoms. The van der Waals surface area contributed by atoms with Crippen LogP contribution in [0, 0.1) is 0 Å². The highest BCUT2D eigenvalue weighted by atomic mass is 35.5. The summed E-state index contributed by atoms with van der Waals surface area (Å²) in [6, 6.07) is 7.85. The molecule has 118 valence electrons. The van der Waals surface area contributed by atoms with E-state index in [-0.39, 0.29) is 24.4 Å². The molecule has 1 atom stereocenters. The highest BCUT2D eigenvalue weighted by molar-refractivity contribution is 5.85. The van der Waals surface area contributed by atoms with E-state index in [1.165, 1.54) is 0 Å². The molecule has 6 heteroatoms. The standard InChI is InChI=1S/C15H22N2O3.ClH/c1-19-14-5-3-2-4-12(14)6-7-17-15(18)10-13-11-16-8-9-20-13;/h2-5,13,16H,6-11H2,1H3,(H,17,18);1H. The molecular weight excluding hydrogens is 292 g/mol. The number of carbonyl (C=O) groups excluding carboxylic acids is 1. The van der Waals surface area contributed by atoms with Gasteiger partial charge in [0.25, 0.3) is 0 Å². The lowest BCUT2D eigenvalue weighted by Gasteiger charge is -2.23. The third-order valence-corrected chi connectivity index (χ3v) is 3.33. The molecule has 1 amide bonds. The van der Waals surface area contributed by atoms with Crippen LogP contribution in [0.3, 0.4) is 0 Å². The Balaban J connectivity index is 0.00000220. The Bertz CT molecular complexity index is 437. The number of nitrogens with one attached hydrogen (secondary N) is 2. The Hall–Kier alpha value is -1.30. The first-order chi connectivity index (χ1) is 9.79. The van der Waals surface area contributed by atoms with Gasteiger partial charge in [0.2, 0.25) is 5.91 Å². The van der Waals surface area contributed by atoms with E-state index in [1.54, 1.807) is 7.11 Å². The molecule has 1 aliphatic heterocycles. The van der Waals surface area contributed by atoms with Gasteiger partial charge in [0.15, 0.2) is 0 Å². The molecule has 0 saturated carbocycles. The molecule has 1 heterocycles. The molecule has 0 spiro atoms. The van der Waals surface area contributed by atoms with Crippen LogP contribution in [0.15, 0.2) is 24.3 Å². The minimum Gasteiger partial charge on any atom is -0.496 e. The summed E-state index contributed by atoms with van der Waals surface area (Å²) < 4.78 is 10.8. The van der Waals surface area contributed by atoms with E-state index in [2.05, 4.69) is 10.6 Å². The Morgan fingerprint density at radius 3 is 3.00 bits per heavy atom. The minimum absolute atomic E-state index is 0. The van der Waals surface area contributed by atoms with Gasteiger partial charge in [-0.1, -0.05) is 18.2 Å². The summed E-state index contributed by atoms with van der Waals surface area (Å²) >= 11 is 0. The Morgan fingerprint density at radius 1 is 1.48 bits per heavy atom. The zero-order chi connectivity index (χ0) is 14.2. The number of hydrogen-bond donors (Lipinski definition) is 2. The smallest absolute Gasteiger partial charge is 0.222 e. The van der Waals surface area contributed by atoms with Gasteiger partial charge in [0, 0.05) is 19.6 Å². The zero-order valence-corrected chi connectivity index (χ0v) is 13.1. The molecular formula is C15H23ClN2O3. The molecule has 1 fully saturated rings. The average Bonchev–Trinajstić information content (AvgIpc) is 2.49. The summed E-state index contributed by atoms with van der Waals surface area (Å²) in [7, 11) is 1.66. The second-order valence-corrected chi connectivity index (χ2v) is 4.81. The summed E-state index contributed by atoms with van der Waals surface area (Å²) in [4.78, 5) is 11.8. The van der Waals surface area contributed by atoms with Gasteiger partial charge < -0.3 is 20.1 Å². The number of morpholine rings is 1. The minimum atomic E-state index is -0.00462. The van der Waals surface area contributed by atoms with Crippen LogP contribution < -0.4 is 15.4 Å². The van der Waals surface area contributed by atoms with Crippen molar-refractivity contribution in [1.82, 2.24) is 10.6 Å². The summed E-state index contributed by atoms with van der Waals surface area (Å²) in [6.07, 6.45) is 1.17. The lowest BCUT2D eigenvalue weighted by atomic mass is 10.1. The van der Waals surface area contributed by atoms with Gasteiger partial charge in [-0.15, -0.1) is 12.4 Å². The fourth-order valence-corrected chi connectivity index (χ4v) is 2.28. The molecule has 1 aromatic rings. The third kappa shape index (κ3) is 5.91. The largest absolute Gasteiger partial charge is 0.496 e. The molecule has 2 rings (SSSR count). The van der Waals surface area contributed by atoms with Crippen molar-refractivity contribution in [2.45, 2.75) is 18.9 Å². The van der Waals surface area contributed by atoms with Crippen LogP contribution in [-0.4, -0.2) is 45.4 Å². The Kier molecular flexibility index (Phi) is 8.12. The molecule has 21 heavy (non-hydrogen) atoms. The molecule has 0 radical (unpaired) electrons. The first-order valence-corrected chi connectivity index (χ1v) is 7.00. The van der Waals surface area contributed by atoms with E-state index in [9.17, 15) is 4.79 Å². The monoisotopic (exact) mass is 314 g/mol. The number of hydrogen-bond acceptors (Lipinski definition) is 4. The van der Waals surface area contributed by atoms with E-state index < -0.39 is 0 Å². The molecule has 1 saturated heterocycles. The number of amides is 1. The van der Waals surface area contributed by atoms with Crippen molar-refractivity contribution < 1.29 is 14.3 Å². The van der Waals surface area contributed by atoms with Crippen molar-refractivity contribution in [3.63, 3.8) is 0 Å². The number of para-hydroxylation sites is 1. The molecule has 0 aromatic heterocycles.